The summed E-state index contributed by atoms with van der Waals surface area (Å²) in [7, 11) is 0. The fourth-order valence-corrected chi connectivity index (χ4v) is 2.89. The molecule has 1 saturated carbocycles. The first kappa shape index (κ1) is 20.8. The number of nitrogens with zero attached hydrogens (tertiary/aromatic N) is 1. The van der Waals surface area contributed by atoms with Crippen LogP contribution in [-0.2, 0) is 17.6 Å². The van der Waals surface area contributed by atoms with Gasteiger partial charge in [0.2, 0.25) is 5.91 Å². The van der Waals surface area contributed by atoms with Crippen molar-refractivity contribution < 1.29 is 9.53 Å². The van der Waals surface area contributed by atoms with Crippen LogP contribution >= 0.6 is 24.0 Å². The Morgan fingerprint density at radius 3 is 2.81 bits per heavy atom. The first-order valence-electron chi connectivity index (χ1n) is 9.30. The second-order valence-corrected chi connectivity index (χ2v) is 6.54. The van der Waals surface area contributed by atoms with Gasteiger partial charge in [-0.2, -0.15) is 0 Å². The molecule has 0 spiro atoms. The summed E-state index contributed by atoms with van der Waals surface area (Å²) in [6.07, 6.45) is 3.99. The SMILES string of the molecule is CCNC(=NCCc1ccc2c(c1)CCO2)NCCNC(=O)C1CC1.I. The number of nitrogens with one attached hydrogen (secondary N) is 3. The lowest BCUT2D eigenvalue weighted by atomic mass is 10.1. The van der Waals surface area contributed by atoms with Crippen molar-refractivity contribution >= 4 is 35.8 Å². The minimum atomic E-state index is 0. The Labute approximate surface area is 172 Å². The van der Waals surface area contributed by atoms with E-state index in [1.165, 1.54) is 11.1 Å². The van der Waals surface area contributed by atoms with Gasteiger partial charge in [0.15, 0.2) is 5.96 Å². The molecule has 1 amide bonds. The molecule has 1 fully saturated rings. The van der Waals surface area contributed by atoms with E-state index in [0.29, 0.717) is 13.1 Å². The number of carbonyl (C=O) groups excluding carboxylic acids is 1. The molecule has 1 aromatic carbocycles. The highest BCUT2D eigenvalue weighted by Crippen LogP contribution is 2.28. The molecular formula is C19H29IN4O2. The van der Waals surface area contributed by atoms with Gasteiger partial charge in [-0.25, -0.2) is 0 Å². The molecule has 6 nitrogen and oxygen atoms in total. The number of ether oxygens (including phenoxy) is 1. The normalized spacial score (nSPS) is 15.5. The largest absolute Gasteiger partial charge is 0.493 e. The van der Waals surface area contributed by atoms with Crippen LogP contribution in [0, 0.1) is 5.92 Å². The van der Waals surface area contributed by atoms with Crippen LogP contribution in [0.1, 0.15) is 30.9 Å². The van der Waals surface area contributed by atoms with Gasteiger partial charge in [0.25, 0.3) is 0 Å². The molecule has 1 aliphatic carbocycles. The molecule has 1 heterocycles. The van der Waals surface area contributed by atoms with Gasteiger partial charge in [-0.3, -0.25) is 9.79 Å². The number of benzene rings is 1. The van der Waals surface area contributed by atoms with E-state index < -0.39 is 0 Å². The molecular weight excluding hydrogens is 443 g/mol. The van der Waals surface area contributed by atoms with Crippen LogP contribution in [0.3, 0.4) is 0 Å². The molecule has 1 aromatic rings. The minimum absolute atomic E-state index is 0. The number of hydrogen-bond acceptors (Lipinski definition) is 3. The molecule has 26 heavy (non-hydrogen) atoms. The van der Waals surface area contributed by atoms with Crippen molar-refractivity contribution in [1.29, 1.82) is 0 Å². The van der Waals surface area contributed by atoms with E-state index in [2.05, 4.69) is 39.1 Å². The first-order chi connectivity index (χ1) is 12.3. The molecule has 0 radical (unpaired) electrons. The molecule has 0 saturated heterocycles. The molecule has 1 aliphatic heterocycles. The smallest absolute Gasteiger partial charge is 0.223 e. The standard InChI is InChI=1S/C19H28N4O2.HI/c1-2-20-19(23-11-10-21-18(24)15-4-5-15)22-9-7-14-3-6-17-16(13-14)8-12-25-17;/h3,6,13,15H,2,4-5,7-12H2,1H3,(H,21,24)(H2,20,22,23);1H. The highest BCUT2D eigenvalue weighted by atomic mass is 127. The van der Waals surface area contributed by atoms with Crippen LogP contribution in [0.2, 0.25) is 0 Å². The number of hydrogen-bond donors (Lipinski definition) is 3. The summed E-state index contributed by atoms with van der Waals surface area (Å²) in [5.74, 6) is 2.27. The van der Waals surface area contributed by atoms with E-state index in [1.54, 1.807) is 0 Å². The van der Waals surface area contributed by atoms with Crippen molar-refractivity contribution in [1.82, 2.24) is 16.0 Å². The average molecular weight is 472 g/mol. The number of fused-ring (bicyclic) bond motifs is 1. The topological polar surface area (TPSA) is 74.8 Å². The third-order valence-electron chi connectivity index (χ3n) is 4.43. The van der Waals surface area contributed by atoms with Gasteiger partial charge in [0, 0.05) is 38.5 Å². The fraction of sp³-hybridized carbons (Fsp3) is 0.579. The summed E-state index contributed by atoms with van der Waals surface area (Å²) >= 11 is 0. The third-order valence-corrected chi connectivity index (χ3v) is 4.43. The van der Waals surface area contributed by atoms with E-state index in [4.69, 9.17) is 4.74 Å². The second-order valence-electron chi connectivity index (χ2n) is 6.54. The quantitative estimate of drug-likeness (QED) is 0.234. The average Bonchev–Trinajstić information content (AvgIpc) is 3.36. The van der Waals surface area contributed by atoms with Crippen LogP contribution < -0.4 is 20.7 Å². The van der Waals surface area contributed by atoms with Crippen molar-refractivity contribution in [3.05, 3.63) is 29.3 Å². The van der Waals surface area contributed by atoms with Gasteiger partial charge in [-0.15, -0.1) is 24.0 Å². The Bertz CT molecular complexity index is 632. The summed E-state index contributed by atoms with van der Waals surface area (Å²) in [6.45, 7) is 5.69. The van der Waals surface area contributed by atoms with Crippen molar-refractivity contribution in [2.75, 3.05) is 32.8 Å². The van der Waals surface area contributed by atoms with E-state index in [0.717, 1.165) is 57.1 Å². The van der Waals surface area contributed by atoms with E-state index in [9.17, 15) is 4.79 Å². The molecule has 2 aliphatic rings. The highest BCUT2D eigenvalue weighted by Gasteiger charge is 2.28. The lowest BCUT2D eigenvalue weighted by Crippen LogP contribution is -2.41. The van der Waals surface area contributed by atoms with Crippen molar-refractivity contribution in [2.24, 2.45) is 10.9 Å². The summed E-state index contributed by atoms with van der Waals surface area (Å²) < 4.78 is 5.54. The zero-order chi connectivity index (χ0) is 17.5. The molecule has 0 unspecified atom stereocenters. The molecule has 144 valence electrons. The maximum absolute atomic E-state index is 11.6. The molecule has 0 aromatic heterocycles. The van der Waals surface area contributed by atoms with Crippen LogP contribution in [0.15, 0.2) is 23.2 Å². The molecule has 3 N–H and O–H groups in total. The van der Waals surface area contributed by atoms with Crippen molar-refractivity contribution in [3.8, 4) is 5.75 Å². The predicted octanol–water partition coefficient (Wildman–Crippen LogP) is 1.86. The summed E-state index contributed by atoms with van der Waals surface area (Å²) in [5, 5.41) is 9.46. The zero-order valence-corrected chi connectivity index (χ0v) is 17.7. The maximum atomic E-state index is 11.6. The number of guanidine groups is 1. The van der Waals surface area contributed by atoms with Gasteiger partial charge >= 0.3 is 0 Å². The van der Waals surface area contributed by atoms with Gasteiger partial charge < -0.3 is 20.7 Å². The van der Waals surface area contributed by atoms with Crippen LogP contribution in [-0.4, -0.2) is 44.7 Å². The molecule has 0 atom stereocenters. The zero-order valence-electron chi connectivity index (χ0n) is 15.3. The summed E-state index contributed by atoms with van der Waals surface area (Å²) in [5.41, 5.74) is 2.60. The molecule has 7 heteroatoms. The lowest BCUT2D eigenvalue weighted by Gasteiger charge is -2.12. The van der Waals surface area contributed by atoms with Crippen LogP contribution in [0.4, 0.5) is 0 Å². The van der Waals surface area contributed by atoms with Crippen molar-refractivity contribution in [3.63, 3.8) is 0 Å². The Morgan fingerprint density at radius 1 is 1.23 bits per heavy atom. The van der Waals surface area contributed by atoms with Gasteiger partial charge in [-0.1, -0.05) is 12.1 Å². The van der Waals surface area contributed by atoms with E-state index in [1.807, 2.05) is 6.92 Å². The molecule has 0 bridgehead atoms. The van der Waals surface area contributed by atoms with E-state index in [-0.39, 0.29) is 35.8 Å². The van der Waals surface area contributed by atoms with Crippen LogP contribution in [0.5, 0.6) is 5.75 Å². The first-order valence-corrected chi connectivity index (χ1v) is 9.30. The Hall–Kier alpha value is -1.51. The number of amides is 1. The van der Waals surface area contributed by atoms with Gasteiger partial charge in [-0.05, 0) is 43.4 Å². The molecule has 3 rings (SSSR count). The Balaban J connectivity index is 0.00000243. The number of rotatable bonds is 8. The van der Waals surface area contributed by atoms with Crippen molar-refractivity contribution in [2.45, 2.75) is 32.6 Å². The minimum Gasteiger partial charge on any atom is -0.493 e. The Morgan fingerprint density at radius 2 is 2.04 bits per heavy atom. The lowest BCUT2D eigenvalue weighted by molar-refractivity contribution is -0.122. The monoisotopic (exact) mass is 472 g/mol. The van der Waals surface area contributed by atoms with Crippen LogP contribution in [0.25, 0.3) is 0 Å². The van der Waals surface area contributed by atoms with Gasteiger partial charge in [0.05, 0.1) is 6.61 Å². The summed E-state index contributed by atoms with van der Waals surface area (Å²) in [6, 6.07) is 6.41. The Kier molecular flexibility index (Phi) is 8.47. The second kappa shape index (κ2) is 10.6. The van der Waals surface area contributed by atoms with E-state index >= 15 is 0 Å². The number of carbonyl (C=O) groups is 1. The fourth-order valence-electron chi connectivity index (χ4n) is 2.89. The summed E-state index contributed by atoms with van der Waals surface area (Å²) in [4.78, 5) is 16.2. The predicted molar refractivity (Wildman–Crippen MR) is 114 cm³/mol. The maximum Gasteiger partial charge on any atom is 0.223 e. The number of halogens is 1. The van der Waals surface area contributed by atoms with Gasteiger partial charge in [0.1, 0.15) is 5.75 Å². The third kappa shape index (κ3) is 6.34. The number of aliphatic imine (C=N–C) groups is 1. The highest BCUT2D eigenvalue weighted by molar-refractivity contribution is 14.0.